The van der Waals surface area contributed by atoms with Crippen molar-refractivity contribution in [3.8, 4) is 56.2 Å². The summed E-state index contributed by atoms with van der Waals surface area (Å²) in [5.74, 6) is 0.557. The average molecular weight is 618 g/mol. The van der Waals surface area contributed by atoms with Gasteiger partial charge in [0.2, 0.25) is 0 Å². The van der Waals surface area contributed by atoms with Gasteiger partial charge in [0.15, 0.2) is 5.82 Å². The van der Waals surface area contributed by atoms with Gasteiger partial charge in [-0.15, -0.1) is 0 Å². The Morgan fingerprint density at radius 3 is 1.42 bits per heavy atom. The number of benzene rings is 8. The summed E-state index contributed by atoms with van der Waals surface area (Å²) in [4.78, 5) is 10.3. The molecule has 0 saturated heterocycles. The lowest BCUT2D eigenvalue weighted by molar-refractivity contribution is 1.19. The summed E-state index contributed by atoms with van der Waals surface area (Å²) in [6.07, 6.45) is 0. The molecule has 0 aliphatic carbocycles. The van der Waals surface area contributed by atoms with Crippen molar-refractivity contribution in [2.75, 3.05) is 0 Å². The molecule has 2 heteroatoms. The molecule has 0 spiro atoms. The normalized spacial score (nSPS) is 13.4. The van der Waals surface area contributed by atoms with E-state index in [-0.39, 0.29) is 34.5 Å². The molecule has 0 radical (unpaired) electrons. The first-order valence-corrected chi connectivity index (χ1v) is 15.8. The first-order valence-electron chi connectivity index (χ1n) is 19.3. The molecule has 1 heterocycles. The van der Waals surface area contributed by atoms with E-state index in [0.29, 0.717) is 22.5 Å². The molecular formula is C46H30N2. The summed E-state index contributed by atoms with van der Waals surface area (Å²) in [5, 5.41) is 3.47. The molecule has 0 bridgehead atoms. The van der Waals surface area contributed by atoms with Gasteiger partial charge in [0.25, 0.3) is 0 Å². The van der Waals surface area contributed by atoms with Crippen molar-refractivity contribution in [3.05, 3.63) is 182 Å². The number of aromatic nitrogens is 2. The van der Waals surface area contributed by atoms with Crippen molar-refractivity contribution in [1.29, 1.82) is 0 Å². The Bertz CT molecular complexity index is 3000. The smallest absolute Gasteiger partial charge is 0.160 e. The Morgan fingerprint density at radius 1 is 0.375 bits per heavy atom. The van der Waals surface area contributed by atoms with Gasteiger partial charge in [-0.1, -0.05) is 170 Å². The third kappa shape index (κ3) is 4.92. The van der Waals surface area contributed by atoms with E-state index in [0.717, 1.165) is 49.7 Å². The zero-order valence-electron chi connectivity index (χ0n) is 32.7. The SMILES string of the molecule is [2H]c1c([2H])c([2H])c2c([2H])c(-c3ccc(-c4cc(-c5ccc(-c6ccccc6)c6ccccc56)nc(-c5ccccc5)n4)c4ccccc34)c([2H])c([2H])c2c1[2H]. The molecule has 0 unspecified atom stereocenters. The quantitative estimate of drug-likeness (QED) is 0.192. The molecule has 8 aromatic carbocycles. The van der Waals surface area contributed by atoms with Gasteiger partial charge >= 0.3 is 0 Å². The van der Waals surface area contributed by atoms with Crippen LogP contribution in [-0.4, -0.2) is 9.97 Å². The first kappa shape index (κ1) is 21.4. The molecule has 0 aliphatic heterocycles. The highest BCUT2D eigenvalue weighted by molar-refractivity contribution is 6.07. The van der Waals surface area contributed by atoms with Crippen LogP contribution in [0.2, 0.25) is 0 Å². The molecule has 0 N–H and O–H groups in total. The van der Waals surface area contributed by atoms with Gasteiger partial charge in [0.05, 0.1) is 21.0 Å². The molecule has 9 rings (SSSR count). The predicted octanol–water partition coefficient (Wildman–Crippen LogP) is 12.3. The van der Waals surface area contributed by atoms with Crippen molar-refractivity contribution < 1.29 is 9.60 Å². The summed E-state index contributed by atoms with van der Waals surface area (Å²) in [5.41, 5.74) is 6.93. The van der Waals surface area contributed by atoms with Crippen LogP contribution in [0.15, 0.2) is 182 Å². The maximum absolute atomic E-state index is 9.22. The highest BCUT2D eigenvalue weighted by Gasteiger charge is 2.17. The number of fused-ring (bicyclic) bond motifs is 3. The van der Waals surface area contributed by atoms with Crippen LogP contribution in [0, 0.1) is 0 Å². The topological polar surface area (TPSA) is 25.8 Å². The molecular weight excluding hydrogens is 581 g/mol. The van der Waals surface area contributed by atoms with E-state index in [9.17, 15) is 1.37 Å². The van der Waals surface area contributed by atoms with Gasteiger partial charge in [0.1, 0.15) is 0 Å². The molecule has 48 heavy (non-hydrogen) atoms. The van der Waals surface area contributed by atoms with Gasteiger partial charge in [-0.05, 0) is 66.7 Å². The molecule has 0 amide bonds. The molecule has 0 fully saturated rings. The van der Waals surface area contributed by atoms with E-state index in [1.165, 1.54) is 0 Å². The Labute approximate surface area is 289 Å². The Balaban J connectivity index is 1.29. The van der Waals surface area contributed by atoms with Gasteiger partial charge in [0, 0.05) is 16.7 Å². The predicted molar refractivity (Wildman–Crippen MR) is 202 cm³/mol. The maximum Gasteiger partial charge on any atom is 0.160 e. The van der Waals surface area contributed by atoms with Crippen LogP contribution in [0.25, 0.3) is 88.5 Å². The molecule has 2 nitrogen and oxygen atoms in total. The monoisotopic (exact) mass is 617 g/mol. The zero-order chi connectivity index (χ0) is 38.0. The average Bonchev–Trinajstić information content (AvgIpc) is 3.23. The van der Waals surface area contributed by atoms with Crippen LogP contribution in [0.1, 0.15) is 9.60 Å². The summed E-state index contributed by atoms with van der Waals surface area (Å²) >= 11 is 0. The molecule has 0 saturated carbocycles. The summed E-state index contributed by atoms with van der Waals surface area (Å²) in [7, 11) is 0. The molecule has 224 valence electrons. The second-order valence-electron chi connectivity index (χ2n) is 11.6. The van der Waals surface area contributed by atoms with E-state index < -0.39 is 24.2 Å². The molecule has 0 atom stereocenters. The number of hydrogen-bond donors (Lipinski definition) is 0. The fourth-order valence-corrected chi connectivity index (χ4v) is 6.49. The van der Waals surface area contributed by atoms with Crippen molar-refractivity contribution >= 4 is 32.3 Å². The van der Waals surface area contributed by atoms with Crippen LogP contribution >= 0.6 is 0 Å². The number of hydrogen-bond acceptors (Lipinski definition) is 2. The summed E-state index contributed by atoms with van der Waals surface area (Å²) < 4.78 is 60.6. The van der Waals surface area contributed by atoms with Crippen LogP contribution in [0.4, 0.5) is 0 Å². The Kier molecular flexibility index (Phi) is 5.25. The third-order valence-electron chi connectivity index (χ3n) is 8.76. The second-order valence-corrected chi connectivity index (χ2v) is 11.6. The molecule has 0 aliphatic rings. The lowest BCUT2D eigenvalue weighted by atomic mass is 9.91. The lowest BCUT2D eigenvalue weighted by Crippen LogP contribution is -1.97. The van der Waals surface area contributed by atoms with E-state index >= 15 is 0 Å². The maximum atomic E-state index is 9.22. The third-order valence-corrected chi connectivity index (χ3v) is 8.76. The minimum atomic E-state index is -0.494. The minimum absolute atomic E-state index is 0.0754. The fraction of sp³-hybridized carbons (Fsp3) is 0. The second kappa shape index (κ2) is 11.8. The standard InChI is InChI=1S/C46H30N2/c1-3-14-32(15-4-1)36-25-27-42(40-21-11-9-19-38(36)40)44-30-45(48-46(47-44)33-16-5-2-6-17-33)43-28-26-37(39-20-10-12-22-41(39)43)35-24-23-31-13-7-8-18-34(31)29-35/h1-30H/i7D,8D,13D,18D,23D,24D,29D. The van der Waals surface area contributed by atoms with Crippen LogP contribution in [-0.2, 0) is 0 Å². The van der Waals surface area contributed by atoms with E-state index in [1.54, 1.807) is 0 Å². The van der Waals surface area contributed by atoms with E-state index in [2.05, 4.69) is 36.4 Å². The lowest BCUT2D eigenvalue weighted by Gasteiger charge is -2.15. The van der Waals surface area contributed by atoms with E-state index in [4.69, 9.17) is 18.2 Å². The van der Waals surface area contributed by atoms with Crippen molar-refractivity contribution in [2.45, 2.75) is 0 Å². The number of rotatable bonds is 5. The van der Waals surface area contributed by atoms with Crippen molar-refractivity contribution in [2.24, 2.45) is 0 Å². The van der Waals surface area contributed by atoms with Crippen LogP contribution < -0.4 is 0 Å². The molecule has 1 aromatic heterocycles. The zero-order valence-corrected chi connectivity index (χ0v) is 25.7. The van der Waals surface area contributed by atoms with Gasteiger partial charge in [-0.25, -0.2) is 9.97 Å². The highest BCUT2D eigenvalue weighted by Crippen LogP contribution is 2.40. The number of nitrogens with zero attached hydrogens (tertiary/aromatic N) is 2. The van der Waals surface area contributed by atoms with Crippen molar-refractivity contribution in [1.82, 2.24) is 9.97 Å². The van der Waals surface area contributed by atoms with Crippen molar-refractivity contribution in [3.63, 3.8) is 0 Å². The van der Waals surface area contributed by atoms with Crippen LogP contribution in [0.5, 0.6) is 0 Å². The fourth-order valence-electron chi connectivity index (χ4n) is 6.49. The Hall–Kier alpha value is -6.38. The van der Waals surface area contributed by atoms with E-state index in [1.807, 2.05) is 103 Å². The van der Waals surface area contributed by atoms with Gasteiger partial charge < -0.3 is 0 Å². The summed E-state index contributed by atoms with van der Waals surface area (Å²) in [6.45, 7) is 0. The van der Waals surface area contributed by atoms with Crippen LogP contribution in [0.3, 0.4) is 0 Å². The summed E-state index contributed by atoms with van der Waals surface area (Å²) in [6, 6.07) is 43.5. The Morgan fingerprint density at radius 2 is 0.833 bits per heavy atom. The largest absolute Gasteiger partial charge is 0.228 e. The minimum Gasteiger partial charge on any atom is -0.228 e. The van der Waals surface area contributed by atoms with Gasteiger partial charge in [-0.2, -0.15) is 0 Å². The highest BCUT2D eigenvalue weighted by atomic mass is 14.9. The van der Waals surface area contributed by atoms with Gasteiger partial charge in [-0.3, -0.25) is 0 Å². The first-order chi connectivity index (χ1) is 26.7. The molecule has 9 aromatic rings.